The van der Waals surface area contributed by atoms with E-state index in [2.05, 4.69) is 0 Å². The van der Waals surface area contributed by atoms with Crippen LogP contribution in [-0.4, -0.2) is 34.0 Å². The molecule has 0 saturated heterocycles. The molecule has 3 aromatic carbocycles. The van der Waals surface area contributed by atoms with Gasteiger partial charge in [0.25, 0.3) is 5.91 Å². The molecule has 0 heterocycles. The molecule has 150 valence electrons. The van der Waals surface area contributed by atoms with Gasteiger partial charge in [-0.25, -0.2) is 9.59 Å². The smallest absolute Gasteiger partial charge is 0.335 e. The van der Waals surface area contributed by atoms with Crippen LogP contribution in [0.3, 0.4) is 0 Å². The lowest BCUT2D eigenvalue weighted by atomic mass is 10.1. The fourth-order valence-electron chi connectivity index (χ4n) is 2.80. The predicted octanol–water partition coefficient (Wildman–Crippen LogP) is 3.16. The van der Waals surface area contributed by atoms with Crippen molar-refractivity contribution in [2.75, 3.05) is 4.90 Å². The zero-order chi connectivity index (χ0) is 21.8. The molecule has 8 heteroatoms. The summed E-state index contributed by atoms with van der Waals surface area (Å²) in [4.78, 5) is 48.1. The molecular weight excluding hydrogens is 388 g/mol. The van der Waals surface area contributed by atoms with Crippen molar-refractivity contribution in [3.8, 4) is 0 Å². The van der Waals surface area contributed by atoms with Crippen LogP contribution in [0.1, 0.15) is 41.4 Å². The largest absolute Gasteiger partial charge is 0.478 e. The van der Waals surface area contributed by atoms with E-state index < -0.39 is 23.8 Å². The van der Waals surface area contributed by atoms with Crippen molar-refractivity contribution >= 4 is 35.1 Å². The zero-order valence-corrected chi connectivity index (χ0v) is 15.5. The number of hydrogen-bond acceptors (Lipinski definition) is 4. The SMILES string of the molecule is NC(=O)c1ccc(C(=O)N(c2ccc(C(=O)O)cc2)c2ccc(C(=O)O)cc2)cc1. The highest BCUT2D eigenvalue weighted by molar-refractivity contribution is 6.11. The molecule has 0 radical (unpaired) electrons. The third-order valence-corrected chi connectivity index (χ3v) is 4.36. The number of primary amides is 1. The summed E-state index contributed by atoms with van der Waals surface area (Å²) in [5, 5.41) is 18.2. The Morgan fingerprint density at radius 3 is 1.23 bits per heavy atom. The van der Waals surface area contributed by atoms with Gasteiger partial charge in [0, 0.05) is 22.5 Å². The van der Waals surface area contributed by atoms with Crippen LogP contribution in [0.15, 0.2) is 72.8 Å². The van der Waals surface area contributed by atoms with Crippen LogP contribution < -0.4 is 10.6 Å². The molecule has 2 amide bonds. The van der Waals surface area contributed by atoms with Gasteiger partial charge in [0.15, 0.2) is 0 Å². The molecule has 8 nitrogen and oxygen atoms in total. The number of anilines is 2. The molecule has 0 atom stereocenters. The summed E-state index contributed by atoms with van der Waals surface area (Å²) in [6.07, 6.45) is 0. The summed E-state index contributed by atoms with van der Waals surface area (Å²) in [6.45, 7) is 0. The molecule has 0 aliphatic rings. The van der Waals surface area contributed by atoms with Gasteiger partial charge in [0.1, 0.15) is 0 Å². The van der Waals surface area contributed by atoms with Crippen molar-refractivity contribution in [1.82, 2.24) is 0 Å². The molecule has 0 aromatic heterocycles. The molecule has 4 N–H and O–H groups in total. The maximum absolute atomic E-state index is 13.2. The average molecular weight is 404 g/mol. The topological polar surface area (TPSA) is 138 Å². The van der Waals surface area contributed by atoms with Crippen molar-refractivity contribution in [2.24, 2.45) is 5.73 Å². The molecule has 0 unspecified atom stereocenters. The Kier molecular flexibility index (Phi) is 5.59. The quantitative estimate of drug-likeness (QED) is 0.577. The fourth-order valence-corrected chi connectivity index (χ4v) is 2.80. The van der Waals surface area contributed by atoms with E-state index in [9.17, 15) is 19.2 Å². The molecule has 0 saturated carbocycles. The molecule has 3 rings (SSSR count). The van der Waals surface area contributed by atoms with E-state index in [0.29, 0.717) is 11.4 Å². The number of carbonyl (C=O) groups excluding carboxylic acids is 2. The fraction of sp³-hybridized carbons (Fsp3) is 0. The van der Waals surface area contributed by atoms with Crippen LogP contribution in [0.5, 0.6) is 0 Å². The van der Waals surface area contributed by atoms with Crippen LogP contribution in [0.2, 0.25) is 0 Å². The summed E-state index contributed by atoms with van der Waals surface area (Å²) in [5.41, 5.74) is 6.60. The summed E-state index contributed by atoms with van der Waals surface area (Å²) >= 11 is 0. The van der Waals surface area contributed by atoms with E-state index in [0.717, 1.165) is 0 Å². The normalized spacial score (nSPS) is 10.3. The second kappa shape index (κ2) is 8.27. The number of carboxylic acid groups (broad SMARTS) is 2. The summed E-state index contributed by atoms with van der Waals surface area (Å²) < 4.78 is 0. The summed E-state index contributed by atoms with van der Waals surface area (Å²) in [7, 11) is 0. The van der Waals surface area contributed by atoms with E-state index in [1.807, 2.05) is 0 Å². The van der Waals surface area contributed by atoms with E-state index in [1.54, 1.807) is 0 Å². The molecule has 3 aromatic rings. The van der Waals surface area contributed by atoms with E-state index in [1.165, 1.54) is 77.7 Å². The van der Waals surface area contributed by atoms with Gasteiger partial charge in [-0.2, -0.15) is 0 Å². The molecule has 0 fully saturated rings. The van der Waals surface area contributed by atoms with Crippen LogP contribution >= 0.6 is 0 Å². The van der Waals surface area contributed by atoms with Gasteiger partial charge in [-0.1, -0.05) is 0 Å². The van der Waals surface area contributed by atoms with Crippen LogP contribution in [0.25, 0.3) is 0 Å². The maximum atomic E-state index is 13.2. The minimum atomic E-state index is -1.10. The third-order valence-electron chi connectivity index (χ3n) is 4.36. The Hall–Kier alpha value is -4.46. The lowest BCUT2D eigenvalue weighted by molar-refractivity contribution is 0.0686. The van der Waals surface area contributed by atoms with Crippen molar-refractivity contribution in [2.45, 2.75) is 0 Å². The number of rotatable bonds is 6. The van der Waals surface area contributed by atoms with Gasteiger partial charge in [-0.15, -0.1) is 0 Å². The molecule has 0 spiro atoms. The van der Waals surface area contributed by atoms with Crippen molar-refractivity contribution in [3.63, 3.8) is 0 Å². The van der Waals surface area contributed by atoms with E-state index >= 15 is 0 Å². The van der Waals surface area contributed by atoms with Crippen molar-refractivity contribution in [1.29, 1.82) is 0 Å². The summed E-state index contributed by atoms with van der Waals surface area (Å²) in [6, 6.07) is 17.1. The number of hydrogen-bond donors (Lipinski definition) is 3. The first-order chi connectivity index (χ1) is 14.3. The van der Waals surface area contributed by atoms with E-state index in [-0.39, 0.29) is 22.3 Å². The number of nitrogens with two attached hydrogens (primary N) is 1. The van der Waals surface area contributed by atoms with Gasteiger partial charge < -0.3 is 15.9 Å². The second-order valence-electron chi connectivity index (χ2n) is 6.29. The van der Waals surface area contributed by atoms with Gasteiger partial charge in [0.2, 0.25) is 5.91 Å². The van der Waals surface area contributed by atoms with Gasteiger partial charge >= 0.3 is 11.9 Å². The molecule has 0 aliphatic heterocycles. The Bertz CT molecular complexity index is 1060. The van der Waals surface area contributed by atoms with Gasteiger partial charge in [-0.3, -0.25) is 14.5 Å². The number of nitrogens with zero attached hydrogens (tertiary/aromatic N) is 1. The first-order valence-corrected chi connectivity index (χ1v) is 8.69. The Morgan fingerprint density at radius 1 is 0.567 bits per heavy atom. The minimum absolute atomic E-state index is 0.0539. The standard InChI is InChI=1S/C22H16N2O6/c23-19(25)13-1-3-14(4-2-13)20(26)24(17-9-5-15(6-10-17)21(27)28)18-11-7-16(8-12-18)22(29)30/h1-12H,(H2,23,25)(H,27,28)(H,29,30). The number of amides is 2. The maximum Gasteiger partial charge on any atom is 0.335 e. The molecule has 30 heavy (non-hydrogen) atoms. The van der Waals surface area contributed by atoms with Crippen molar-refractivity contribution < 1.29 is 29.4 Å². The summed E-state index contributed by atoms with van der Waals surface area (Å²) in [5.74, 6) is -3.30. The van der Waals surface area contributed by atoms with Crippen LogP contribution in [0.4, 0.5) is 11.4 Å². The number of carboxylic acids is 2. The average Bonchev–Trinajstić information content (AvgIpc) is 2.74. The Morgan fingerprint density at radius 2 is 0.900 bits per heavy atom. The van der Waals surface area contributed by atoms with Crippen LogP contribution in [0, 0.1) is 0 Å². The first-order valence-electron chi connectivity index (χ1n) is 8.69. The second-order valence-corrected chi connectivity index (χ2v) is 6.29. The van der Waals surface area contributed by atoms with Gasteiger partial charge in [0.05, 0.1) is 11.1 Å². The third kappa shape index (κ3) is 4.17. The minimum Gasteiger partial charge on any atom is -0.478 e. The lowest BCUT2D eigenvalue weighted by Crippen LogP contribution is -2.26. The zero-order valence-electron chi connectivity index (χ0n) is 15.5. The molecular formula is C22H16N2O6. The Labute approximate surface area is 170 Å². The number of benzene rings is 3. The van der Waals surface area contributed by atoms with Crippen LogP contribution in [-0.2, 0) is 0 Å². The monoisotopic (exact) mass is 404 g/mol. The van der Waals surface area contributed by atoms with Crippen molar-refractivity contribution in [3.05, 3.63) is 95.1 Å². The van der Waals surface area contributed by atoms with E-state index in [4.69, 9.17) is 15.9 Å². The predicted molar refractivity (Wildman–Crippen MR) is 108 cm³/mol. The Balaban J connectivity index is 2.06. The van der Waals surface area contributed by atoms with Gasteiger partial charge in [-0.05, 0) is 72.8 Å². The lowest BCUT2D eigenvalue weighted by Gasteiger charge is -2.23. The first kappa shape index (κ1) is 20.3. The highest BCUT2D eigenvalue weighted by Gasteiger charge is 2.21. The highest BCUT2D eigenvalue weighted by Crippen LogP contribution is 2.28. The number of aromatic carboxylic acids is 2. The highest BCUT2D eigenvalue weighted by atomic mass is 16.4. The number of carbonyl (C=O) groups is 4. The molecule has 0 aliphatic carbocycles. The molecule has 0 bridgehead atoms.